The van der Waals surface area contributed by atoms with Crippen molar-refractivity contribution in [3.05, 3.63) is 194 Å². The Kier molecular flexibility index (Phi) is 7.54. The van der Waals surface area contributed by atoms with Gasteiger partial charge in [0.15, 0.2) is 0 Å². The van der Waals surface area contributed by atoms with Crippen LogP contribution in [-0.2, 0) is 0 Å². The van der Waals surface area contributed by atoms with Gasteiger partial charge in [-0.15, -0.1) is 0 Å². The molecule has 0 N–H and O–H groups in total. The third-order valence-electron chi connectivity index (χ3n) is 14.7. The molecule has 65 heavy (non-hydrogen) atoms. The van der Waals surface area contributed by atoms with E-state index in [1.807, 2.05) is 0 Å². The molecule has 0 radical (unpaired) electrons. The third kappa shape index (κ3) is 4.83. The fourth-order valence-corrected chi connectivity index (χ4v) is 18.5. The number of rotatable bonds is 2. The molecule has 2 heteroatoms. The molecule has 2 aliphatic carbocycles. The molecule has 16 rings (SSSR count). The molecule has 0 fully saturated rings. The van der Waals surface area contributed by atoms with Crippen LogP contribution in [0.5, 0.6) is 0 Å². The van der Waals surface area contributed by atoms with Gasteiger partial charge in [-0.1, -0.05) is 7.43 Å². The van der Waals surface area contributed by atoms with Crippen LogP contribution in [0.2, 0.25) is 0 Å². The summed E-state index contributed by atoms with van der Waals surface area (Å²) in [5.41, 5.74) is 16.1. The zero-order valence-electron chi connectivity index (χ0n) is 34.3. The van der Waals surface area contributed by atoms with Crippen LogP contribution in [0.15, 0.2) is 194 Å². The summed E-state index contributed by atoms with van der Waals surface area (Å²) in [6.45, 7) is 0. The molecule has 12 aromatic carbocycles. The number of fused-ring (bicyclic) bond motifs is 17. The number of hydrogen-bond donors (Lipinski definition) is 0. The number of benzene rings is 12. The van der Waals surface area contributed by atoms with E-state index in [9.17, 15) is 0 Å². The molecule has 300 valence electrons. The summed E-state index contributed by atoms with van der Waals surface area (Å²) in [6, 6.07) is 75.6. The first-order valence-electron chi connectivity index (χ1n) is 22.1. The van der Waals surface area contributed by atoms with Crippen molar-refractivity contribution in [1.29, 1.82) is 0 Å². The average Bonchev–Trinajstić information content (AvgIpc) is 4.10. The Labute approximate surface area is 394 Å². The SMILES string of the molecule is C.c1cc2c3c(cccc3c1)-c1cc3c(cc1-2)c(-c1cccc2[te]c4ccccc4c12)cc1c2cc4c(cc2c(-c2cccc5[te]c6ccccc6c25)cc31)-c1cccc2cccc-4c12. The van der Waals surface area contributed by atoms with Crippen LogP contribution < -0.4 is 0 Å². The normalized spacial score (nSPS) is 12.5. The molecule has 14 aromatic rings. The summed E-state index contributed by atoms with van der Waals surface area (Å²) in [6.07, 6.45) is 0. The van der Waals surface area contributed by atoms with E-state index in [2.05, 4.69) is 194 Å². The van der Waals surface area contributed by atoms with Gasteiger partial charge >= 0.3 is 391 Å². The predicted octanol–water partition coefficient (Wildman–Crippen LogP) is 17.4. The van der Waals surface area contributed by atoms with Crippen LogP contribution in [0.4, 0.5) is 0 Å². The molecule has 2 aliphatic rings. The first-order chi connectivity index (χ1) is 31.7. The summed E-state index contributed by atoms with van der Waals surface area (Å²) >= 11 is -0.982. The molecule has 0 aliphatic heterocycles. The topological polar surface area (TPSA) is 0 Å². The van der Waals surface area contributed by atoms with Gasteiger partial charge in [-0.3, -0.25) is 0 Å². The summed E-state index contributed by atoms with van der Waals surface area (Å²) in [7, 11) is 0. The molecule has 0 amide bonds. The van der Waals surface area contributed by atoms with Gasteiger partial charge in [0, 0.05) is 0 Å². The van der Waals surface area contributed by atoms with Gasteiger partial charge in [0.1, 0.15) is 0 Å². The molecular weight excluding hydrogens is 1010 g/mol. The van der Waals surface area contributed by atoms with Gasteiger partial charge in [0.2, 0.25) is 0 Å². The van der Waals surface area contributed by atoms with Crippen molar-refractivity contribution in [2.45, 2.75) is 7.43 Å². The van der Waals surface area contributed by atoms with Crippen molar-refractivity contribution < 1.29 is 0 Å². The summed E-state index contributed by atoms with van der Waals surface area (Å²) in [4.78, 5) is 0. The van der Waals surface area contributed by atoms with Gasteiger partial charge < -0.3 is 0 Å². The van der Waals surface area contributed by atoms with Crippen molar-refractivity contribution in [1.82, 2.24) is 0 Å². The molecule has 0 bridgehead atoms. The fraction of sp³-hybridized carbons (Fsp3) is 0.0159. The van der Waals surface area contributed by atoms with E-state index in [0.717, 1.165) is 0 Å². The maximum absolute atomic E-state index is 2.60. The number of hydrogen-bond acceptors (Lipinski definition) is 0. The molecule has 0 atom stereocenters. The Hall–Kier alpha value is -6.48. The minimum atomic E-state index is -0.491. The van der Waals surface area contributed by atoms with Crippen LogP contribution in [0.1, 0.15) is 7.43 Å². The Balaban J connectivity index is 0.00000390. The Bertz CT molecular complexity index is 4180. The maximum atomic E-state index is 2.60. The zero-order valence-corrected chi connectivity index (χ0v) is 39.0. The van der Waals surface area contributed by atoms with E-state index in [1.165, 1.54) is 142 Å². The molecule has 0 saturated heterocycles. The molecule has 2 aromatic heterocycles. The van der Waals surface area contributed by atoms with E-state index < -0.39 is 40.9 Å². The standard InChI is InChI=1S/C62H32Te2.CH4/c1-3-23-55-41(15-1)61-39(21-9-25-57(61)63-55)47-31-53-52-30-46-38-20-8-14-34-12-6-18-36(60(34)38)44(46)28-50(52)48(40-22-10-26-58-62(40)42-16-2-4-24-56(42)64-58)32-54(53)51-29-45-37-19-7-13-33-11-5-17-35(59(33)37)43(45)27-49(47)51;/h1-32H;1H4. The van der Waals surface area contributed by atoms with E-state index in [0.29, 0.717) is 0 Å². The molecule has 0 saturated carbocycles. The summed E-state index contributed by atoms with van der Waals surface area (Å²) < 4.78 is 6.17. The first-order valence-corrected chi connectivity index (χ1v) is 26.8. The predicted molar refractivity (Wildman–Crippen MR) is 284 cm³/mol. The minimum absolute atomic E-state index is 0. The molecule has 0 unspecified atom stereocenters. The fourth-order valence-electron chi connectivity index (χ4n) is 12.1. The van der Waals surface area contributed by atoms with E-state index in [1.54, 1.807) is 13.6 Å². The molecular formula is C63H36Te2. The summed E-state index contributed by atoms with van der Waals surface area (Å²) in [5, 5.41) is 19.0. The van der Waals surface area contributed by atoms with Crippen molar-refractivity contribution in [2.24, 2.45) is 0 Å². The molecule has 0 nitrogen and oxygen atoms in total. The van der Waals surface area contributed by atoms with Gasteiger partial charge in [-0.05, 0) is 0 Å². The van der Waals surface area contributed by atoms with Crippen molar-refractivity contribution in [2.75, 3.05) is 0 Å². The van der Waals surface area contributed by atoms with E-state index in [-0.39, 0.29) is 7.43 Å². The van der Waals surface area contributed by atoms with E-state index in [4.69, 9.17) is 0 Å². The second kappa shape index (κ2) is 13.3. The Morgan fingerprint density at radius 3 is 0.892 bits per heavy atom. The zero-order chi connectivity index (χ0) is 41.4. The van der Waals surface area contributed by atoms with Gasteiger partial charge in [0.05, 0.1) is 0 Å². The van der Waals surface area contributed by atoms with E-state index >= 15 is 0 Å². The van der Waals surface area contributed by atoms with Crippen molar-refractivity contribution in [3.8, 4) is 66.8 Å². The monoisotopic (exact) mass is 1050 g/mol. The molecule has 0 spiro atoms. The van der Waals surface area contributed by atoms with Crippen LogP contribution in [0, 0.1) is 0 Å². The van der Waals surface area contributed by atoms with Crippen LogP contribution in [0.25, 0.3) is 156 Å². The average molecular weight is 1050 g/mol. The van der Waals surface area contributed by atoms with Gasteiger partial charge in [0.25, 0.3) is 0 Å². The van der Waals surface area contributed by atoms with Crippen molar-refractivity contribution in [3.63, 3.8) is 0 Å². The molecule has 2 heterocycles. The van der Waals surface area contributed by atoms with Gasteiger partial charge in [-0.25, -0.2) is 0 Å². The third-order valence-corrected chi connectivity index (χ3v) is 21.2. The van der Waals surface area contributed by atoms with Gasteiger partial charge in [-0.2, -0.15) is 0 Å². The second-order valence-corrected chi connectivity index (χ2v) is 24.0. The Morgan fingerprint density at radius 1 is 0.200 bits per heavy atom. The second-order valence-electron chi connectivity index (χ2n) is 17.8. The Morgan fingerprint density at radius 2 is 0.492 bits per heavy atom. The van der Waals surface area contributed by atoms with Crippen LogP contribution in [-0.4, -0.2) is 40.9 Å². The van der Waals surface area contributed by atoms with Crippen molar-refractivity contribution >= 4 is 130 Å². The van der Waals surface area contributed by atoms with Crippen LogP contribution in [0.3, 0.4) is 0 Å². The van der Waals surface area contributed by atoms with Crippen LogP contribution >= 0.6 is 0 Å². The first kappa shape index (κ1) is 36.8. The quantitative estimate of drug-likeness (QED) is 0.120. The summed E-state index contributed by atoms with van der Waals surface area (Å²) in [5.74, 6) is 0.